The number of amides is 3. The van der Waals surface area contributed by atoms with Crippen LogP contribution >= 0.6 is 11.3 Å². The number of rotatable bonds is 23. The average molecular weight is 911 g/mol. The fourth-order valence-corrected chi connectivity index (χ4v) is 8.12. The van der Waals surface area contributed by atoms with E-state index in [4.69, 9.17) is 28.7 Å². The molecule has 1 aliphatic heterocycles. The van der Waals surface area contributed by atoms with Crippen molar-refractivity contribution in [1.82, 2.24) is 25.5 Å². The highest BCUT2D eigenvalue weighted by Gasteiger charge is 2.44. The number of aromatic nitrogens is 2. The number of aryl methyl sites for hydroxylation is 1. The Balaban J connectivity index is 0.806. The molecule has 1 aliphatic rings. The van der Waals surface area contributed by atoms with E-state index in [1.54, 1.807) is 11.3 Å². The zero-order valence-corrected chi connectivity index (χ0v) is 39.0. The van der Waals surface area contributed by atoms with Crippen molar-refractivity contribution in [2.24, 2.45) is 5.41 Å². The van der Waals surface area contributed by atoms with Gasteiger partial charge in [-0.05, 0) is 59.9 Å². The van der Waals surface area contributed by atoms with E-state index >= 15 is 0 Å². The van der Waals surface area contributed by atoms with Crippen LogP contribution in [0.3, 0.4) is 0 Å². The number of ether oxygens (including phenoxy) is 5. The van der Waals surface area contributed by atoms with Crippen LogP contribution in [0, 0.1) is 12.3 Å². The number of β-amino-alcohol motifs (C(OH)–C–C–N with tert-alkyl or cyclic N) is 1. The Morgan fingerprint density at radius 1 is 0.846 bits per heavy atom. The number of hydrogen-bond donors (Lipinski definition) is 3. The van der Waals surface area contributed by atoms with E-state index in [9.17, 15) is 19.5 Å². The zero-order valence-electron chi connectivity index (χ0n) is 38.2. The largest absolute Gasteiger partial charge is 0.491 e. The van der Waals surface area contributed by atoms with Gasteiger partial charge in [0.1, 0.15) is 31.0 Å². The highest BCUT2D eigenvalue weighted by atomic mass is 32.1. The average Bonchev–Trinajstić information content (AvgIpc) is 3.91. The fourth-order valence-electron chi connectivity index (χ4n) is 7.31. The van der Waals surface area contributed by atoms with Crippen LogP contribution in [-0.4, -0.2) is 136 Å². The van der Waals surface area contributed by atoms with Crippen molar-refractivity contribution < 1.29 is 43.2 Å². The normalized spacial score (nSPS) is 15.5. The number of thiazole rings is 1. The van der Waals surface area contributed by atoms with E-state index in [1.807, 2.05) is 95.8 Å². The molecule has 1 fully saturated rings. The Morgan fingerprint density at radius 3 is 2.12 bits per heavy atom. The highest BCUT2D eigenvalue weighted by molar-refractivity contribution is 7.13. The van der Waals surface area contributed by atoms with E-state index < -0.39 is 35.4 Å². The Morgan fingerprint density at radius 2 is 1.49 bits per heavy atom. The first-order valence-corrected chi connectivity index (χ1v) is 22.8. The lowest BCUT2D eigenvalue weighted by Crippen LogP contribution is -2.58. The van der Waals surface area contributed by atoms with Crippen molar-refractivity contribution in [2.45, 2.75) is 58.8 Å². The van der Waals surface area contributed by atoms with Gasteiger partial charge >= 0.3 is 0 Å². The third kappa shape index (κ3) is 14.2. The maximum Gasteiger partial charge on any atom is 0.246 e. The topological polar surface area (TPSA) is 174 Å². The lowest BCUT2D eigenvalue weighted by Gasteiger charge is -2.35. The number of fused-ring (bicyclic) bond motifs is 1. The second kappa shape index (κ2) is 23.6. The second-order valence-electron chi connectivity index (χ2n) is 17.2. The first-order chi connectivity index (χ1) is 31.3. The first kappa shape index (κ1) is 49.0. The predicted molar refractivity (Wildman–Crippen MR) is 252 cm³/mol. The highest BCUT2D eigenvalue weighted by Crippen LogP contribution is 2.29. The molecule has 3 atom stereocenters. The molecule has 2 unspecified atom stereocenters. The number of carbonyl (C=O) groups excluding carboxylic acids is 3. The van der Waals surface area contributed by atoms with Crippen LogP contribution in [0.1, 0.15) is 38.4 Å². The number of nitrogens with zero attached hydrogens (tertiary/aromatic N) is 4. The van der Waals surface area contributed by atoms with E-state index in [0.717, 1.165) is 55.3 Å². The van der Waals surface area contributed by atoms with Gasteiger partial charge in [0, 0.05) is 50.2 Å². The van der Waals surface area contributed by atoms with Crippen molar-refractivity contribution in [3.63, 3.8) is 0 Å². The summed E-state index contributed by atoms with van der Waals surface area (Å²) in [7, 11) is 4.04. The standard InChI is InChI=1S/C49H62N6O9S/c1-33-45(65-32-51-33)36-9-7-34(8-10-36)29-50-47(58)43-28-39(56)30-55(43)48(59)46(49(2,3)4)53-44(57)31-63-24-23-61-20-19-60-21-22-62-25-26-64-40-16-18-42-37(27-40)13-17-41(52-42)35-11-14-38(15-12-35)54(5)6/h7-18,27,32,39,43,46,56H,19-26,28-31H2,1-6H3,(H,50,58)(H,53,57)/t39-,43?,46?/m1/s1. The molecule has 3 N–H and O–H groups in total. The minimum Gasteiger partial charge on any atom is -0.491 e. The molecule has 65 heavy (non-hydrogen) atoms. The SMILES string of the molecule is Cc1ncsc1-c1ccc(CNC(=O)C2C[C@@H](O)CN2C(=O)C(NC(=O)COCCOCCOCCOCCOc2ccc3nc(-c4ccc(N(C)C)cc4)ccc3c2)C(C)(C)C)cc1. The maximum atomic E-state index is 13.9. The zero-order chi connectivity index (χ0) is 46.3. The molecular weight excluding hydrogens is 849 g/mol. The van der Waals surface area contributed by atoms with Crippen LogP contribution in [0.4, 0.5) is 5.69 Å². The summed E-state index contributed by atoms with van der Waals surface area (Å²) in [6, 6.07) is 24.3. The number of nitrogens with one attached hydrogen (secondary N) is 2. The molecule has 3 heterocycles. The van der Waals surface area contributed by atoms with Crippen LogP contribution in [0.15, 0.2) is 84.4 Å². The number of aliphatic hydroxyl groups excluding tert-OH is 1. The number of aliphatic hydroxyl groups is 1. The molecule has 1 saturated heterocycles. The molecule has 6 rings (SSSR count). The first-order valence-electron chi connectivity index (χ1n) is 21.9. The summed E-state index contributed by atoms with van der Waals surface area (Å²) in [4.78, 5) is 53.9. The molecule has 5 aromatic rings. The third-order valence-corrected chi connectivity index (χ3v) is 11.9. The molecule has 3 aromatic carbocycles. The molecule has 15 nitrogen and oxygen atoms in total. The van der Waals surface area contributed by atoms with E-state index in [0.29, 0.717) is 39.6 Å². The number of hydrogen-bond acceptors (Lipinski definition) is 13. The summed E-state index contributed by atoms with van der Waals surface area (Å²) < 4.78 is 28.2. The van der Waals surface area contributed by atoms with Gasteiger partial charge in [-0.1, -0.05) is 63.2 Å². The van der Waals surface area contributed by atoms with Gasteiger partial charge in [-0.2, -0.15) is 0 Å². The van der Waals surface area contributed by atoms with Crippen molar-refractivity contribution in [2.75, 3.05) is 85.0 Å². The second-order valence-corrected chi connectivity index (χ2v) is 18.0. The van der Waals surface area contributed by atoms with Gasteiger partial charge < -0.3 is 49.2 Å². The third-order valence-electron chi connectivity index (χ3n) is 10.9. The number of likely N-dealkylation sites (tertiary alicyclic amines) is 1. The summed E-state index contributed by atoms with van der Waals surface area (Å²) >= 11 is 1.57. The monoisotopic (exact) mass is 910 g/mol. The summed E-state index contributed by atoms with van der Waals surface area (Å²) in [5.41, 5.74) is 8.07. The van der Waals surface area contributed by atoms with E-state index in [-0.39, 0.29) is 45.2 Å². The maximum absolute atomic E-state index is 13.9. The molecule has 2 aromatic heterocycles. The molecule has 0 bridgehead atoms. The Kier molecular flexibility index (Phi) is 17.8. The summed E-state index contributed by atoms with van der Waals surface area (Å²) in [5.74, 6) is -0.532. The van der Waals surface area contributed by atoms with Crippen LogP contribution in [0.2, 0.25) is 0 Å². The Bertz CT molecular complexity index is 2320. The molecule has 16 heteroatoms. The molecule has 0 saturated carbocycles. The molecule has 3 amide bonds. The van der Waals surface area contributed by atoms with E-state index in [1.165, 1.54) is 4.90 Å². The quantitative estimate of drug-likeness (QED) is 0.0689. The Hall–Kier alpha value is -5.49. The molecule has 0 spiro atoms. The van der Waals surface area contributed by atoms with Crippen LogP contribution in [0.25, 0.3) is 32.6 Å². The molecule has 0 aliphatic carbocycles. The molecular formula is C49H62N6O9S. The fraction of sp³-hybridized carbons (Fsp3) is 0.449. The Labute approximate surface area is 385 Å². The van der Waals surface area contributed by atoms with Gasteiger partial charge in [0.05, 0.1) is 79.6 Å². The minimum atomic E-state index is -0.957. The van der Waals surface area contributed by atoms with Crippen LogP contribution in [-0.2, 0) is 39.9 Å². The minimum absolute atomic E-state index is 0.0109. The number of anilines is 1. The van der Waals surface area contributed by atoms with Gasteiger partial charge in [0.25, 0.3) is 0 Å². The van der Waals surface area contributed by atoms with Gasteiger partial charge in [0.2, 0.25) is 17.7 Å². The number of pyridine rings is 1. The molecule has 0 radical (unpaired) electrons. The van der Waals surface area contributed by atoms with Crippen LogP contribution < -0.4 is 20.3 Å². The number of carbonyl (C=O) groups is 3. The van der Waals surface area contributed by atoms with Gasteiger partial charge in [-0.15, -0.1) is 11.3 Å². The van der Waals surface area contributed by atoms with Crippen LogP contribution in [0.5, 0.6) is 5.75 Å². The lowest BCUT2D eigenvalue weighted by atomic mass is 9.85. The molecule has 348 valence electrons. The van der Waals surface area contributed by atoms with Crippen molar-refractivity contribution >= 4 is 45.6 Å². The predicted octanol–water partition coefficient (Wildman–Crippen LogP) is 5.65. The van der Waals surface area contributed by atoms with Crippen molar-refractivity contribution in [3.05, 3.63) is 95.6 Å². The van der Waals surface area contributed by atoms with E-state index in [2.05, 4.69) is 50.8 Å². The van der Waals surface area contributed by atoms with Crippen molar-refractivity contribution in [3.8, 4) is 27.4 Å². The summed E-state index contributed by atoms with van der Waals surface area (Å²) in [5, 5.41) is 17.2. The van der Waals surface area contributed by atoms with Gasteiger partial charge in [-0.3, -0.25) is 14.4 Å². The summed E-state index contributed by atoms with van der Waals surface area (Å²) in [6.45, 7) is 10.2. The smallest absolute Gasteiger partial charge is 0.246 e. The summed E-state index contributed by atoms with van der Waals surface area (Å²) in [6.07, 6.45) is -0.763. The lowest BCUT2D eigenvalue weighted by molar-refractivity contribution is -0.144. The van der Waals surface area contributed by atoms with Crippen molar-refractivity contribution in [1.29, 1.82) is 0 Å². The van der Waals surface area contributed by atoms with Gasteiger partial charge in [0.15, 0.2) is 0 Å². The number of benzene rings is 3. The van der Waals surface area contributed by atoms with Gasteiger partial charge in [-0.25, -0.2) is 9.97 Å².